The average Bonchev–Trinajstić information content (AvgIpc) is 2.38. The van der Waals surface area contributed by atoms with Gasteiger partial charge in [0.2, 0.25) is 5.39 Å². The summed E-state index contributed by atoms with van der Waals surface area (Å²) in [5.74, 6) is 0. The minimum atomic E-state index is -6.00. The minimum absolute atomic E-state index is 0.399. The Labute approximate surface area is 112 Å². The molecule has 0 aromatic heterocycles. The highest BCUT2D eigenvalue weighted by molar-refractivity contribution is 6.50. The van der Waals surface area contributed by atoms with Gasteiger partial charge in [-0.05, 0) is 5.56 Å². The number of hydrogen-bond donors (Lipinski definition) is 1. The number of para-hydroxylation sites is 1. The zero-order valence-corrected chi connectivity index (χ0v) is 10.2. The van der Waals surface area contributed by atoms with Crippen molar-refractivity contribution in [3.8, 4) is 11.1 Å². The van der Waals surface area contributed by atoms with Gasteiger partial charge in [-0.2, -0.15) is 0 Å². The summed E-state index contributed by atoms with van der Waals surface area (Å²) in [4.78, 5) is 3.13. The molecule has 2 N–H and O–H groups in total. The summed E-state index contributed by atoms with van der Waals surface area (Å²) in [6.07, 6.45) is 0. The highest BCUT2D eigenvalue weighted by Gasteiger charge is 2.20. The molecule has 0 fully saturated rings. The van der Waals surface area contributed by atoms with E-state index in [2.05, 4.69) is 4.98 Å². The Morgan fingerprint density at radius 3 is 1.95 bits per heavy atom. The van der Waals surface area contributed by atoms with Crippen molar-refractivity contribution in [2.45, 2.75) is 0 Å². The van der Waals surface area contributed by atoms with E-state index < -0.39 is 7.25 Å². The normalized spacial score (nSPS) is 10.2. The maximum atomic E-state index is 9.75. The third kappa shape index (κ3) is 4.98. The molecule has 0 radical (unpaired) electrons. The van der Waals surface area contributed by atoms with Gasteiger partial charge in [0.15, 0.2) is 4.98 Å². The van der Waals surface area contributed by atoms with Crippen molar-refractivity contribution in [1.82, 2.24) is 0 Å². The van der Waals surface area contributed by atoms with E-state index in [1.165, 1.54) is 0 Å². The number of nitrogens with zero attached hydrogens (tertiary/aromatic N) is 2. The number of rotatable bonds is 1. The molecule has 0 aliphatic carbocycles. The van der Waals surface area contributed by atoms with E-state index in [-0.39, 0.29) is 0 Å². The van der Waals surface area contributed by atoms with Crippen LogP contribution in [-0.2, 0) is 0 Å². The number of hydrogen-bond acceptors (Lipinski definition) is 2. The number of diazo groups is 1. The van der Waals surface area contributed by atoms with E-state index in [0.717, 1.165) is 11.1 Å². The molecule has 3 nitrogen and oxygen atoms in total. The molecule has 0 atom stereocenters. The lowest BCUT2D eigenvalue weighted by Gasteiger charge is -2.02. The second-order valence-corrected chi connectivity index (χ2v) is 3.70. The first kappa shape index (κ1) is 15.5. The van der Waals surface area contributed by atoms with Crippen molar-refractivity contribution in [3.05, 3.63) is 53.5 Å². The van der Waals surface area contributed by atoms with Gasteiger partial charge in [0.05, 0.1) is 0 Å². The molecule has 0 aliphatic rings. The van der Waals surface area contributed by atoms with Crippen molar-refractivity contribution in [1.29, 1.82) is 5.39 Å². The second-order valence-electron chi connectivity index (χ2n) is 3.70. The first-order valence-electron chi connectivity index (χ1n) is 5.49. The van der Waals surface area contributed by atoms with Gasteiger partial charge in [-0.3, -0.25) is 0 Å². The molecular weight excluding hydrogens is 273 g/mol. The third-order valence-corrected chi connectivity index (χ3v) is 2.28. The largest absolute Gasteiger partial charge is 0.673 e. The fraction of sp³-hybridized carbons (Fsp3) is 0. The number of anilines is 1. The Kier molecular flexibility index (Phi) is 5.09. The highest BCUT2D eigenvalue weighted by atomic mass is 19.5. The quantitative estimate of drug-likeness (QED) is 0.356. The van der Waals surface area contributed by atoms with E-state index in [1.807, 2.05) is 42.5 Å². The monoisotopic (exact) mass is 283 g/mol. The van der Waals surface area contributed by atoms with Crippen molar-refractivity contribution in [2.75, 3.05) is 5.73 Å². The topological polar surface area (TPSA) is 54.2 Å². The summed E-state index contributed by atoms with van der Waals surface area (Å²) >= 11 is 0. The van der Waals surface area contributed by atoms with Crippen LogP contribution in [0.3, 0.4) is 0 Å². The maximum absolute atomic E-state index is 9.75. The minimum Gasteiger partial charge on any atom is -0.418 e. The lowest BCUT2D eigenvalue weighted by molar-refractivity contribution is 0.368. The molecule has 20 heavy (non-hydrogen) atoms. The van der Waals surface area contributed by atoms with E-state index in [4.69, 9.17) is 11.1 Å². The van der Waals surface area contributed by atoms with Gasteiger partial charge in [-0.1, -0.05) is 42.5 Å². The SMILES string of the molecule is F[B-](F)(F)F.N#[N+]c1cccc(-c2ccccc2)c1N. The van der Waals surface area contributed by atoms with Crippen molar-refractivity contribution in [3.63, 3.8) is 0 Å². The highest BCUT2D eigenvalue weighted by Crippen LogP contribution is 2.32. The summed E-state index contributed by atoms with van der Waals surface area (Å²) in [6.45, 7) is 0. The zero-order chi connectivity index (χ0) is 15.2. The van der Waals surface area contributed by atoms with Crippen LogP contribution in [0.2, 0.25) is 0 Å². The van der Waals surface area contributed by atoms with Gasteiger partial charge < -0.3 is 23.0 Å². The molecular formula is C12H10BF4N3. The zero-order valence-electron chi connectivity index (χ0n) is 10.2. The molecule has 2 aromatic rings. The smallest absolute Gasteiger partial charge is 0.418 e. The van der Waals surface area contributed by atoms with Crippen LogP contribution in [0.4, 0.5) is 28.6 Å². The predicted octanol–water partition coefficient (Wildman–Crippen LogP) is 4.72. The molecule has 0 amide bonds. The van der Waals surface area contributed by atoms with Crippen LogP contribution in [0.1, 0.15) is 0 Å². The Bertz CT molecular complexity index is 602. The summed E-state index contributed by atoms with van der Waals surface area (Å²) in [5.41, 5.74) is 8.66. The molecule has 2 aromatic carbocycles. The van der Waals surface area contributed by atoms with Gasteiger partial charge in [0.25, 0.3) is 0 Å². The molecule has 0 heterocycles. The lowest BCUT2D eigenvalue weighted by atomic mass is 10.0. The van der Waals surface area contributed by atoms with E-state index in [9.17, 15) is 17.3 Å². The van der Waals surface area contributed by atoms with Crippen molar-refractivity contribution >= 4 is 18.6 Å². The fourth-order valence-electron chi connectivity index (χ4n) is 1.51. The van der Waals surface area contributed by atoms with Crippen LogP contribution in [0.5, 0.6) is 0 Å². The van der Waals surface area contributed by atoms with Crippen LogP contribution in [-0.4, -0.2) is 7.25 Å². The molecule has 0 saturated carbocycles. The molecule has 0 aliphatic heterocycles. The van der Waals surface area contributed by atoms with Gasteiger partial charge in [0, 0.05) is 11.6 Å². The Morgan fingerprint density at radius 1 is 0.900 bits per heavy atom. The number of benzene rings is 2. The summed E-state index contributed by atoms with van der Waals surface area (Å²) in [5, 5.41) is 8.73. The van der Waals surface area contributed by atoms with Gasteiger partial charge >= 0.3 is 12.9 Å². The molecule has 2 rings (SSSR count). The maximum Gasteiger partial charge on any atom is 0.673 e. The average molecular weight is 283 g/mol. The first-order valence-corrected chi connectivity index (χ1v) is 5.49. The Hall–Kier alpha value is -2.56. The molecule has 0 saturated heterocycles. The molecule has 8 heteroatoms. The Morgan fingerprint density at radius 2 is 1.45 bits per heavy atom. The number of halogens is 4. The second kappa shape index (κ2) is 6.56. The molecule has 0 spiro atoms. The fourth-order valence-corrected chi connectivity index (χ4v) is 1.51. The van der Waals surface area contributed by atoms with Crippen LogP contribution in [0, 0.1) is 5.39 Å². The van der Waals surface area contributed by atoms with Gasteiger partial charge in [-0.25, -0.2) is 0 Å². The van der Waals surface area contributed by atoms with Gasteiger partial charge in [-0.15, -0.1) is 0 Å². The molecule has 0 unspecified atom stereocenters. The first-order chi connectivity index (χ1) is 9.33. The van der Waals surface area contributed by atoms with Crippen molar-refractivity contribution < 1.29 is 17.3 Å². The number of nitrogens with two attached hydrogens (primary N) is 1. The molecule has 0 bridgehead atoms. The summed E-state index contributed by atoms with van der Waals surface area (Å²) in [6, 6.07) is 15.1. The van der Waals surface area contributed by atoms with Crippen LogP contribution in [0.15, 0.2) is 48.5 Å². The van der Waals surface area contributed by atoms with Crippen LogP contribution < -0.4 is 5.73 Å². The standard InChI is InChI=1S/C12H10N3.BF4/c13-12-10(7-4-8-11(12)15-14)9-5-2-1-3-6-9;2-1(3,4)5/h1-8H,13H2;/q+1;-1. The van der Waals surface area contributed by atoms with E-state index in [0.29, 0.717) is 11.4 Å². The molecule has 104 valence electrons. The number of nitrogen functional groups attached to an aromatic ring is 1. The van der Waals surface area contributed by atoms with Crippen molar-refractivity contribution in [2.24, 2.45) is 0 Å². The van der Waals surface area contributed by atoms with Crippen LogP contribution >= 0.6 is 0 Å². The lowest BCUT2D eigenvalue weighted by Crippen LogP contribution is -2.02. The Balaban J connectivity index is 0.000000347. The van der Waals surface area contributed by atoms with Crippen LogP contribution in [0.25, 0.3) is 16.1 Å². The van der Waals surface area contributed by atoms with E-state index >= 15 is 0 Å². The van der Waals surface area contributed by atoms with E-state index in [1.54, 1.807) is 6.07 Å². The predicted molar refractivity (Wildman–Crippen MR) is 71.2 cm³/mol. The van der Waals surface area contributed by atoms with Gasteiger partial charge in [0.1, 0.15) is 5.69 Å². The summed E-state index contributed by atoms with van der Waals surface area (Å²) < 4.78 is 39.0. The third-order valence-electron chi connectivity index (χ3n) is 2.28. The summed E-state index contributed by atoms with van der Waals surface area (Å²) in [7, 11) is -6.00.